The molecule has 6 nitrogen and oxygen atoms in total. The third kappa shape index (κ3) is 7.08. The van der Waals surface area contributed by atoms with Gasteiger partial charge in [0.15, 0.2) is 0 Å². The van der Waals surface area contributed by atoms with Crippen LogP contribution in [0.3, 0.4) is 0 Å². The number of hydrogen-bond acceptors (Lipinski definition) is 5. The quantitative estimate of drug-likeness (QED) is 0.653. The highest BCUT2D eigenvalue weighted by Gasteiger charge is 2.15. The third-order valence-electron chi connectivity index (χ3n) is 4.13. The SMILES string of the molecule is Cl.Cl.O=S(=O)(NCCN1CCNCC1)c1ccc(Oc2ccccc2Cl)cc1. The number of hydrogen-bond donors (Lipinski definition) is 2. The molecule has 0 saturated carbocycles. The second kappa shape index (κ2) is 11.8. The van der Waals surface area contributed by atoms with Gasteiger partial charge in [-0.15, -0.1) is 24.8 Å². The molecule has 2 N–H and O–H groups in total. The molecule has 2 aromatic carbocycles. The molecule has 0 amide bonds. The third-order valence-corrected chi connectivity index (χ3v) is 5.92. The van der Waals surface area contributed by atoms with Crippen LogP contribution >= 0.6 is 36.4 Å². The minimum absolute atomic E-state index is 0. The first-order valence-electron chi connectivity index (χ1n) is 8.50. The number of ether oxygens (including phenoxy) is 1. The van der Waals surface area contributed by atoms with Crippen molar-refractivity contribution in [2.24, 2.45) is 0 Å². The van der Waals surface area contributed by atoms with Crippen LogP contribution in [-0.2, 0) is 10.0 Å². The van der Waals surface area contributed by atoms with Crippen molar-refractivity contribution in [1.29, 1.82) is 0 Å². The fourth-order valence-corrected chi connectivity index (χ4v) is 3.89. The first-order chi connectivity index (χ1) is 12.5. The number of piperazine rings is 1. The molecule has 1 heterocycles. The fraction of sp³-hybridized carbons (Fsp3) is 0.333. The van der Waals surface area contributed by atoms with Gasteiger partial charge in [0.25, 0.3) is 0 Å². The van der Waals surface area contributed by atoms with Gasteiger partial charge in [0, 0.05) is 39.3 Å². The lowest BCUT2D eigenvalue weighted by molar-refractivity contribution is 0.245. The summed E-state index contributed by atoms with van der Waals surface area (Å²) in [5.74, 6) is 1.05. The van der Waals surface area contributed by atoms with Crippen LogP contribution in [0.2, 0.25) is 5.02 Å². The van der Waals surface area contributed by atoms with Crippen molar-refractivity contribution in [3.05, 3.63) is 53.6 Å². The Hall–Kier alpha value is -1.06. The molecule has 0 bridgehead atoms. The second-order valence-corrected chi connectivity index (χ2v) is 8.17. The van der Waals surface area contributed by atoms with Crippen LogP contribution in [0.1, 0.15) is 0 Å². The Labute approximate surface area is 183 Å². The average molecular weight is 469 g/mol. The van der Waals surface area contributed by atoms with Gasteiger partial charge in [-0.3, -0.25) is 4.90 Å². The Morgan fingerprint density at radius 2 is 1.68 bits per heavy atom. The van der Waals surface area contributed by atoms with Crippen LogP contribution in [0.15, 0.2) is 53.4 Å². The smallest absolute Gasteiger partial charge is 0.240 e. The monoisotopic (exact) mass is 467 g/mol. The summed E-state index contributed by atoms with van der Waals surface area (Å²) in [7, 11) is -3.53. The van der Waals surface area contributed by atoms with E-state index in [0.717, 1.165) is 26.2 Å². The van der Waals surface area contributed by atoms with E-state index >= 15 is 0 Å². The van der Waals surface area contributed by atoms with Gasteiger partial charge in [-0.05, 0) is 36.4 Å². The summed E-state index contributed by atoms with van der Waals surface area (Å²) in [6.45, 7) is 4.86. The molecule has 28 heavy (non-hydrogen) atoms. The molecule has 1 aliphatic heterocycles. The van der Waals surface area contributed by atoms with E-state index in [2.05, 4.69) is 14.9 Å². The van der Waals surface area contributed by atoms with Crippen molar-refractivity contribution < 1.29 is 13.2 Å². The van der Waals surface area contributed by atoms with Gasteiger partial charge in [0.2, 0.25) is 10.0 Å². The Bertz CT molecular complexity index is 829. The van der Waals surface area contributed by atoms with Crippen molar-refractivity contribution in [1.82, 2.24) is 14.9 Å². The fourth-order valence-electron chi connectivity index (χ4n) is 2.70. The first-order valence-corrected chi connectivity index (χ1v) is 10.4. The normalized spacial score (nSPS) is 14.6. The Kier molecular flexibility index (Phi) is 10.5. The van der Waals surface area contributed by atoms with E-state index in [1.165, 1.54) is 12.1 Å². The standard InChI is InChI=1S/C18H22ClN3O3S.2ClH/c19-17-3-1-2-4-18(17)25-15-5-7-16(8-6-15)26(23,24)21-11-14-22-12-9-20-10-13-22;;/h1-8,20-21H,9-14H2;2*1H. The van der Waals surface area contributed by atoms with Gasteiger partial charge in [0.05, 0.1) is 9.92 Å². The highest BCUT2D eigenvalue weighted by Crippen LogP contribution is 2.29. The summed E-state index contributed by atoms with van der Waals surface area (Å²) in [6, 6.07) is 13.4. The molecule has 2 aromatic rings. The van der Waals surface area contributed by atoms with Gasteiger partial charge < -0.3 is 10.1 Å². The van der Waals surface area contributed by atoms with Crippen molar-refractivity contribution in [2.75, 3.05) is 39.3 Å². The van der Waals surface area contributed by atoms with Crippen LogP contribution in [0.5, 0.6) is 11.5 Å². The topological polar surface area (TPSA) is 70.7 Å². The zero-order valence-electron chi connectivity index (χ0n) is 15.1. The molecular formula is C18H24Cl3N3O3S. The Balaban J connectivity index is 0.00000196. The van der Waals surface area contributed by atoms with E-state index in [-0.39, 0.29) is 29.7 Å². The number of sulfonamides is 1. The summed E-state index contributed by atoms with van der Waals surface area (Å²) >= 11 is 6.06. The number of nitrogens with zero attached hydrogens (tertiary/aromatic N) is 1. The maximum Gasteiger partial charge on any atom is 0.240 e. The highest BCUT2D eigenvalue weighted by atomic mass is 35.5. The second-order valence-electron chi connectivity index (χ2n) is 5.99. The number of nitrogens with one attached hydrogen (secondary N) is 2. The molecule has 0 aliphatic carbocycles. The van der Waals surface area contributed by atoms with E-state index in [1.807, 2.05) is 12.1 Å². The molecule has 3 rings (SSSR count). The predicted molar refractivity (Wildman–Crippen MR) is 117 cm³/mol. The molecule has 1 fully saturated rings. The molecule has 0 radical (unpaired) electrons. The van der Waals surface area contributed by atoms with Crippen LogP contribution in [-0.4, -0.2) is 52.6 Å². The van der Waals surface area contributed by atoms with Crippen LogP contribution in [0.4, 0.5) is 0 Å². The van der Waals surface area contributed by atoms with E-state index in [0.29, 0.717) is 29.6 Å². The van der Waals surface area contributed by atoms with Gasteiger partial charge >= 0.3 is 0 Å². The van der Waals surface area contributed by atoms with Gasteiger partial charge in [-0.25, -0.2) is 13.1 Å². The summed E-state index contributed by atoms with van der Waals surface area (Å²) < 4.78 is 33.1. The maximum atomic E-state index is 12.4. The summed E-state index contributed by atoms with van der Waals surface area (Å²) in [6.07, 6.45) is 0. The summed E-state index contributed by atoms with van der Waals surface area (Å²) in [4.78, 5) is 2.45. The number of benzene rings is 2. The lowest BCUT2D eigenvalue weighted by Crippen LogP contribution is -2.46. The predicted octanol–water partition coefficient (Wildman–Crippen LogP) is 3.16. The molecule has 156 valence electrons. The van der Waals surface area contributed by atoms with Crippen molar-refractivity contribution in [3.63, 3.8) is 0 Å². The van der Waals surface area contributed by atoms with E-state index in [4.69, 9.17) is 16.3 Å². The van der Waals surface area contributed by atoms with Gasteiger partial charge in [-0.1, -0.05) is 23.7 Å². The molecule has 0 atom stereocenters. The van der Waals surface area contributed by atoms with Crippen LogP contribution in [0.25, 0.3) is 0 Å². The molecule has 10 heteroatoms. The van der Waals surface area contributed by atoms with Crippen molar-refractivity contribution in [2.45, 2.75) is 4.90 Å². The number of para-hydroxylation sites is 1. The Morgan fingerprint density at radius 1 is 1.04 bits per heavy atom. The largest absolute Gasteiger partial charge is 0.456 e. The highest BCUT2D eigenvalue weighted by molar-refractivity contribution is 7.89. The zero-order valence-corrected chi connectivity index (χ0v) is 18.3. The zero-order chi connectivity index (χ0) is 18.4. The minimum Gasteiger partial charge on any atom is -0.456 e. The number of halogens is 3. The molecule has 1 aliphatic rings. The van der Waals surface area contributed by atoms with Crippen LogP contribution in [0, 0.1) is 0 Å². The lowest BCUT2D eigenvalue weighted by Gasteiger charge is -2.27. The summed E-state index contributed by atoms with van der Waals surface area (Å²) in [5.41, 5.74) is 0. The molecule has 0 aromatic heterocycles. The summed E-state index contributed by atoms with van der Waals surface area (Å²) in [5, 5.41) is 3.77. The number of rotatable bonds is 7. The van der Waals surface area contributed by atoms with Gasteiger partial charge in [0.1, 0.15) is 11.5 Å². The van der Waals surface area contributed by atoms with E-state index in [9.17, 15) is 8.42 Å². The maximum absolute atomic E-state index is 12.4. The lowest BCUT2D eigenvalue weighted by atomic mass is 10.3. The minimum atomic E-state index is -3.53. The first kappa shape index (κ1) is 25.0. The van der Waals surface area contributed by atoms with E-state index < -0.39 is 10.0 Å². The van der Waals surface area contributed by atoms with Crippen molar-refractivity contribution in [3.8, 4) is 11.5 Å². The molecule has 1 saturated heterocycles. The molecular weight excluding hydrogens is 445 g/mol. The van der Waals surface area contributed by atoms with Crippen LogP contribution < -0.4 is 14.8 Å². The molecule has 0 unspecified atom stereocenters. The average Bonchev–Trinajstić information content (AvgIpc) is 2.65. The Morgan fingerprint density at radius 3 is 2.32 bits per heavy atom. The molecule has 0 spiro atoms. The van der Waals surface area contributed by atoms with E-state index in [1.54, 1.807) is 24.3 Å². The van der Waals surface area contributed by atoms with Crippen molar-refractivity contribution >= 4 is 46.4 Å². The van der Waals surface area contributed by atoms with Gasteiger partial charge in [-0.2, -0.15) is 0 Å².